The summed E-state index contributed by atoms with van der Waals surface area (Å²) in [5.74, 6) is 0.0257. The second-order valence-electron chi connectivity index (χ2n) is 4.86. The van der Waals surface area contributed by atoms with Gasteiger partial charge in [0.2, 0.25) is 0 Å². The zero-order chi connectivity index (χ0) is 13.0. The smallest absolute Gasteiger partial charge is 0.252 e. The van der Waals surface area contributed by atoms with E-state index in [4.69, 9.17) is 0 Å². The summed E-state index contributed by atoms with van der Waals surface area (Å²) in [7, 11) is 0. The highest BCUT2D eigenvalue weighted by Gasteiger charge is 2.19. The topological polar surface area (TPSA) is 49.3 Å². The monoisotopic (exact) mass is 267 g/mol. The molecule has 18 heavy (non-hydrogen) atoms. The normalized spacial score (nSPS) is 16.1. The lowest BCUT2D eigenvalue weighted by Gasteiger charge is -2.13. The highest BCUT2D eigenvalue weighted by atomic mass is 32.1. The molecule has 0 spiro atoms. The van der Waals surface area contributed by atoms with Crippen molar-refractivity contribution in [1.29, 1.82) is 0 Å². The van der Waals surface area contributed by atoms with E-state index in [0.29, 0.717) is 13.0 Å². The fraction of sp³-hybridized carbons (Fsp3) is 0.643. The number of carbonyl (C=O) groups is 1. The van der Waals surface area contributed by atoms with Crippen LogP contribution in [0, 0.1) is 0 Å². The Balaban J connectivity index is 1.91. The van der Waals surface area contributed by atoms with Crippen molar-refractivity contribution in [2.75, 3.05) is 6.54 Å². The highest BCUT2D eigenvalue weighted by molar-refractivity contribution is 7.10. The third kappa shape index (κ3) is 3.12. The highest BCUT2D eigenvalue weighted by Crippen LogP contribution is 2.30. The molecule has 0 radical (unpaired) electrons. The van der Waals surface area contributed by atoms with Gasteiger partial charge < -0.3 is 10.4 Å². The molecule has 4 heteroatoms. The minimum atomic E-state index is -0.304. The number of hydrogen-bond donors (Lipinski definition) is 2. The number of fused-ring (bicyclic) bond motifs is 1. The molecule has 1 unspecified atom stereocenters. The molecule has 1 aromatic rings. The molecule has 0 aromatic carbocycles. The number of nitrogens with one attached hydrogen (secondary N) is 1. The lowest BCUT2D eigenvalue weighted by Crippen LogP contribution is -2.27. The Morgan fingerprint density at radius 1 is 1.50 bits per heavy atom. The van der Waals surface area contributed by atoms with Crippen LogP contribution < -0.4 is 5.32 Å². The van der Waals surface area contributed by atoms with E-state index >= 15 is 0 Å². The van der Waals surface area contributed by atoms with Crippen LogP contribution in [0.4, 0.5) is 0 Å². The number of rotatable bonds is 5. The number of amides is 1. The fourth-order valence-electron chi connectivity index (χ4n) is 2.34. The van der Waals surface area contributed by atoms with Crippen molar-refractivity contribution in [2.45, 2.75) is 51.6 Å². The largest absolute Gasteiger partial charge is 0.393 e. The third-order valence-electron chi connectivity index (χ3n) is 3.54. The molecule has 0 bridgehead atoms. The Kier molecular flexibility index (Phi) is 4.78. The van der Waals surface area contributed by atoms with Crippen molar-refractivity contribution >= 4 is 17.2 Å². The minimum Gasteiger partial charge on any atom is -0.393 e. The van der Waals surface area contributed by atoms with Gasteiger partial charge in [0, 0.05) is 16.8 Å². The van der Waals surface area contributed by atoms with E-state index in [0.717, 1.165) is 24.8 Å². The first-order valence-corrected chi connectivity index (χ1v) is 7.65. The first-order chi connectivity index (χ1) is 8.72. The van der Waals surface area contributed by atoms with Gasteiger partial charge in [-0.25, -0.2) is 0 Å². The van der Waals surface area contributed by atoms with Crippen LogP contribution in [-0.2, 0) is 12.8 Å². The van der Waals surface area contributed by atoms with Crippen molar-refractivity contribution in [3.63, 3.8) is 0 Å². The molecule has 3 nitrogen and oxygen atoms in total. The zero-order valence-corrected chi connectivity index (χ0v) is 11.7. The van der Waals surface area contributed by atoms with Crippen LogP contribution >= 0.6 is 11.3 Å². The first kappa shape index (κ1) is 13.6. The molecule has 1 amide bonds. The van der Waals surface area contributed by atoms with Gasteiger partial charge in [-0.2, -0.15) is 0 Å². The molecule has 1 atom stereocenters. The van der Waals surface area contributed by atoms with E-state index in [2.05, 4.69) is 5.32 Å². The molecule has 0 saturated carbocycles. The molecule has 0 saturated heterocycles. The van der Waals surface area contributed by atoms with Crippen LogP contribution in [0.1, 0.15) is 53.4 Å². The Hall–Kier alpha value is -0.870. The third-order valence-corrected chi connectivity index (χ3v) is 4.63. The molecule has 0 aliphatic heterocycles. The second-order valence-corrected chi connectivity index (χ2v) is 5.83. The minimum absolute atomic E-state index is 0.0257. The summed E-state index contributed by atoms with van der Waals surface area (Å²) in [6.45, 7) is 2.50. The van der Waals surface area contributed by atoms with Gasteiger partial charge in [-0.05, 0) is 44.1 Å². The molecule has 1 aliphatic rings. The summed E-state index contributed by atoms with van der Waals surface area (Å²) in [5.41, 5.74) is 2.13. The number of aryl methyl sites for hydroxylation is 1. The zero-order valence-electron chi connectivity index (χ0n) is 10.9. The quantitative estimate of drug-likeness (QED) is 0.861. The maximum absolute atomic E-state index is 12.1. The summed E-state index contributed by atoms with van der Waals surface area (Å²) in [4.78, 5) is 13.5. The van der Waals surface area contributed by atoms with Gasteiger partial charge >= 0.3 is 0 Å². The molecular formula is C14H21NO2S. The Morgan fingerprint density at radius 3 is 3.06 bits per heavy atom. The fourth-order valence-corrected chi connectivity index (χ4v) is 3.46. The Morgan fingerprint density at radius 2 is 2.28 bits per heavy atom. The van der Waals surface area contributed by atoms with Gasteiger partial charge in [-0.1, -0.05) is 6.92 Å². The van der Waals surface area contributed by atoms with Crippen LogP contribution in [0.2, 0.25) is 0 Å². The number of aliphatic hydroxyl groups excluding tert-OH is 1. The van der Waals surface area contributed by atoms with Crippen LogP contribution in [0.5, 0.6) is 0 Å². The first-order valence-electron chi connectivity index (χ1n) is 6.78. The average molecular weight is 267 g/mol. The van der Waals surface area contributed by atoms with Gasteiger partial charge in [0.05, 0.1) is 11.7 Å². The van der Waals surface area contributed by atoms with E-state index in [1.165, 1.54) is 23.3 Å². The molecule has 2 rings (SSSR count). The molecule has 1 heterocycles. The summed E-state index contributed by atoms with van der Waals surface area (Å²) in [6, 6.07) is 0. The van der Waals surface area contributed by atoms with Gasteiger partial charge in [0.15, 0.2) is 0 Å². The van der Waals surface area contributed by atoms with Crippen LogP contribution in [0.15, 0.2) is 5.38 Å². The summed E-state index contributed by atoms with van der Waals surface area (Å²) < 4.78 is 0. The van der Waals surface area contributed by atoms with Gasteiger partial charge in [-0.15, -0.1) is 11.3 Å². The van der Waals surface area contributed by atoms with Gasteiger partial charge in [0.25, 0.3) is 5.91 Å². The summed E-state index contributed by atoms with van der Waals surface area (Å²) in [5, 5.41) is 14.3. The molecule has 1 aliphatic carbocycles. The lowest BCUT2D eigenvalue weighted by molar-refractivity contribution is 0.0941. The number of aliphatic hydroxyl groups is 1. The van der Waals surface area contributed by atoms with Crippen LogP contribution in [0.25, 0.3) is 0 Å². The van der Waals surface area contributed by atoms with Crippen molar-refractivity contribution < 1.29 is 9.90 Å². The summed E-state index contributed by atoms with van der Waals surface area (Å²) in [6.07, 6.45) is 5.68. The van der Waals surface area contributed by atoms with Crippen LogP contribution in [-0.4, -0.2) is 23.7 Å². The Bertz CT molecular complexity index is 414. The number of carbonyl (C=O) groups excluding carboxylic acids is 1. The second kappa shape index (κ2) is 6.34. The molecule has 2 N–H and O–H groups in total. The molecule has 1 aromatic heterocycles. The predicted octanol–water partition coefficient (Wildman–Crippen LogP) is 2.52. The summed E-state index contributed by atoms with van der Waals surface area (Å²) >= 11 is 1.71. The molecular weight excluding hydrogens is 246 g/mol. The predicted molar refractivity (Wildman–Crippen MR) is 74.2 cm³/mol. The Labute approximate surface area is 112 Å². The maximum atomic E-state index is 12.1. The van der Waals surface area contributed by atoms with E-state index in [-0.39, 0.29) is 12.0 Å². The van der Waals surface area contributed by atoms with E-state index < -0.39 is 0 Å². The van der Waals surface area contributed by atoms with E-state index in [1.54, 1.807) is 11.3 Å². The van der Waals surface area contributed by atoms with Gasteiger partial charge in [-0.3, -0.25) is 4.79 Å². The molecule has 0 fully saturated rings. The standard InChI is InChI=1S/C14H21NO2S/c1-2-10(16)7-8-15-14(17)12-9-18-13-6-4-3-5-11(12)13/h9-10,16H,2-8H2,1H3,(H,15,17). The van der Waals surface area contributed by atoms with Gasteiger partial charge in [0.1, 0.15) is 0 Å². The average Bonchev–Trinajstić information content (AvgIpc) is 2.82. The van der Waals surface area contributed by atoms with Crippen LogP contribution in [0.3, 0.4) is 0 Å². The van der Waals surface area contributed by atoms with Crippen molar-refractivity contribution in [2.24, 2.45) is 0 Å². The van der Waals surface area contributed by atoms with Crippen molar-refractivity contribution in [3.8, 4) is 0 Å². The molecule has 100 valence electrons. The van der Waals surface area contributed by atoms with Crippen molar-refractivity contribution in [1.82, 2.24) is 5.32 Å². The van der Waals surface area contributed by atoms with E-state index in [1.807, 2.05) is 12.3 Å². The number of thiophene rings is 1. The van der Waals surface area contributed by atoms with E-state index in [9.17, 15) is 9.90 Å². The SMILES string of the molecule is CCC(O)CCNC(=O)c1csc2c1CCCC2. The maximum Gasteiger partial charge on any atom is 0.252 e. The van der Waals surface area contributed by atoms with Crippen molar-refractivity contribution in [3.05, 3.63) is 21.4 Å². The number of hydrogen-bond acceptors (Lipinski definition) is 3. The lowest BCUT2D eigenvalue weighted by atomic mass is 9.95.